The van der Waals surface area contributed by atoms with E-state index in [0.717, 1.165) is 0 Å². The number of ether oxygens (including phenoxy) is 3. The maximum Gasteiger partial charge on any atom is 0.338 e. The standard InChI is InChI=1S/C20H23NO7/c1-4-25-19(23)14-9-15(20(24)26-5-2)11-16(10-14)28-12-18(22)21-13(3)17-7-6-8-27-17/h6-11,13H,4-5,12H2,1-3H3,(H,21,22)/t13-/m1/s1. The average Bonchev–Trinajstić information content (AvgIpc) is 3.21. The molecule has 0 fully saturated rings. The number of furan rings is 1. The number of hydrogen-bond donors (Lipinski definition) is 1. The first-order valence-electron chi connectivity index (χ1n) is 8.89. The van der Waals surface area contributed by atoms with E-state index in [2.05, 4.69) is 5.32 Å². The Morgan fingerprint density at radius 3 is 2.14 bits per heavy atom. The molecule has 0 spiro atoms. The van der Waals surface area contributed by atoms with Gasteiger partial charge in [-0.2, -0.15) is 0 Å². The Hall–Kier alpha value is -3.29. The first-order valence-corrected chi connectivity index (χ1v) is 8.89. The molecule has 1 aromatic carbocycles. The molecule has 0 unspecified atom stereocenters. The lowest BCUT2D eigenvalue weighted by Crippen LogP contribution is -2.31. The first kappa shape index (κ1) is 21.0. The van der Waals surface area contributed by atoms with E-state index in [-0.39, 0.29) is 48.6 Å². The molecule has 1 atom stereocenters. The molecule has 0 bridgehead atoms. The minimum Gasteiger partial charge on any atom is -0.484 e. The smallest absolute Gasteiger partial charge is 0.338 e. The monoisotopic (exact) mass is 389 g/mol. The van der Waals surface area contributed by atoms with Crippen LogP contribution in [0, 0.1) is 0 Å². The van der Waals surface area contributed by atoms with Crippen LogP contribution in [0.25, 0.3) is 0 Å². The number of amides is 1. The van der Waals surface area contributed by atoms with Crippen molar-refractivity contribution in [3.8, 4) is 5.75 Å². The lowest BCUT2D eigenvalue weighted by Gasteiger charge is -2.13. The second-order valence-corrected chi connectivity index (χ2v) is 5.78. The van der Waals surface area contributed by atoms with Crippen molar-refractivity contribution in [1.82, 2.24) is 5.32 Å². The maximum atomic E-state index is 12.1. The number of benzene rings is 1. The van der Waals surface area contributed by atoms with Crippen LogP contribution in [0.3, 0.4) is 0 Å². The molecule has 0 radical (unpaired) electrons. The third kappa shape index (κ3) is 5.87. The summed E-state index contributed by atoms with van der Waals surface area (Å²) >= 11 is 0. The zero-order valence-corrected chi connectivity index (χ0v) is 16.0. The van der Waals surface area contributed by atoms with Crippen LogP contribution in [0.2, 0.25) is 0 Å². The molecule has 0 saturated heterocycles. The predicted molar refractivity (Wildman–Crippen MR) is 99.1 cm³/mol. The molecule has 0 aliphatic carbocycles. The molecule has 150 valence electrons. The van der Waals surface area contributed by atoms with Gasteiger partial charge >= 0.3 is 11.9 Å². The predicted octanol–water partition coefficient (Wildman–Crippen LogP) is 2.89. The van der Waals surface area contributed by atoms with Crippen LogP contribution in [0.1, 0.15) is 53.3 Å². The van der Waals surface area contributed by atoms with Crippen molar-refractivity contribution < 1.29 is 33.0 Å². The number of nitrogens with one attached hydrogen (secondary N) is 1. The molecule has 8 nitrogen and oxygen atoms in total. The van der Waals surface area contributed by atoms with Gasteiger partial charge in [-0.1, -0.05) is 0 Å². The molecule has 28 heavy (non-hydrogen) atoms. The largest absolute Gasteiger partial charge is 0.484 e. The van der Waals surface area contributed by atoms with Crippen LogP contribution in [-0.2, 0) is 14.3 Å². The van der Waals surface area contributed by atoms with E-state index >= 15 is 0 Å². The highest BCUT2D eigenvalue weighted by Gasteiger charge is 2.17. The lowest BCUT2D eigenvalue weighted by molar-refractivity contribution is -0.123. The summed E-state index contributed by atoms with van der Waals surface area (Å²) in [5.74, 6) is -0.802. The summed E-state index contributed by atoms with van der Waals surface area (Å²) in [4.78, 5) is 36.2. The third-order valence-corrected chi connectivity index (χ3v) is 3.65. The molecule has 0 aliphatic heterocycles. The van der Waals surface area contributed by atoms with Gasteiger partial charge in [-0.15, -0.1) is 0 Å². The summed E-state index contributed by atoms with van der Waals surface area (Å²) < 4.78 is 20.6. The highest BCUT2D eigenvalue weighted by atomic mass is 16.5. The van der Waals surface area contributed by atoms with Gasteiger partial charge in [0, 0.05) is 0 Å². The van der Waals surface area contributed by atoms with Gasteiger partial charge in [-0.3, -0.25) is 4.79 Å². The summed E-state index contributed by atoms with van der Waals surface area (Å²) in [5, 5.41) is 2.73. The summed E-state index contributed by atoms with van der Waals surface area (Å²) in [6, 6.07) is 7.33. The molecule has 0 saturated carbocycles. The minimum atomic E-state index is -0.602. The number of carbonyl (C=O) groups is 3. The summed E-state index contributed by atoms with van der Waals surface area (Å²) in [7, 11) is 0. The van der Waals surface area contributed by atoms with E-state index in [1.54, 1.807) is 32.9 Å². The van der Waals surface area contributed by atoms with Crippen LogP contribution >= 0.6 is 0 Å². The average molecular weight is 389 g/mol. The van der Waals surface area contributed by atoms with Gasteiger partial charge in [0.25, 0.3) is 5.91 Å². The third-order valence-electron chi connectivity index (χ3n) is 3.65. The van der Waals surface area contributed by atoms with E-state index < -0.39 is 11.9 Å². The first-order chi connectivity index (χ1) is 13.4. The number of esters is 2. The molecule has 1 aromatic heterocycles. The number of carbonyl (C=O) groups excluding carboxylic acids is 3. The van der Waals surface area contributed by atoms with Crippen molar-refractivity contribution in [3.05, 3.63) is 53.5 Å². The van der Waals surface area contributed by atoms with Gasteiger partial charge in [0.2, 0.25) is 0 Å². The quantitative estimate of drug-likeness (QED) is 0.658. The minimum absolute atomic E-state index is 0.131. The summed E-state index contributed by atoms with van der Waals surface area (Å²) in [6.45, 7) is 5.19. The molecule has 1 amide bonds. The zero-order chi connectivity index (χ0) is 20.5. The molecule has 2 rings (SSSR count). The van der Waals surface area contributed by atoms with Crippen LogP contribution < -0.4 is 10.1 Å². The van der Waals surface area contributed by atoms with Crippen molar-refractivity contribution in [1.29, 1.82) is 0 Å². The van der Waals surface area contributed by atoms with Crippen LogP contribution in [0.5, 0.6) is 5.75 Å². The molecule has 1 heterocycles. The summed E-state index contributed by atoms with van der Waals surface area (Å²) in [5.41, 5.74) is 0.263. The highest BCUT2D eigenvalue weighted by molar-refractivity contribution is 5.96. The normalized spacial score (nSPS) is 11.4. The van der Waals surface area contributed by atoms with Crippen LogP contribution in [0.4, 0.5) is 0 Å². The van der Waals surface area contributed by atoms with E-state index in [9.17, 15) is 14.4 Å². The van der Waals surface area contributed by atoms with Gasteiger partial charge in [0.05, 0.1) is 36.6 Å². The maximum absolute atomic E-state index is 12.1. The van der Waals surface area contributed by atoms with Crippen molar-refractivity contribution in [2.75, 3.05) is 19.8 Å². The molecule has 8 heteroatoms. The Morgan fingerprint density at radius 2 is 1.64 bits per heavy atom. The second-order valence-electron chi connectivity index (χ2n) is 5.78. The fourth-order valence-corrected chi connectivity index (χ4v) is 2.39. The van der Waals surface area contributed by atoms with Gasteiger partial charge in [-0.25, -0.2) is 9.59 Å². The van der Waals surface area contributed by atoms with Gasteiger partial charge < -0.3 is 23.9 Å². The molecule has 1 N–H and O–H groups in total. The number of hydrogen-bond acceptors (Lipinski definition) is 7. The van der Waals surface area contributed by atoms with E-state index in [0.29, 0.717) is 5.76 Å². The Bertz CT molecular complexity index is 778. The Balaban J connectivity index is 2.08. The zero-order valence-electron chi connectivity index (χ0n) is 16.0. The molecular weight excluding hydrogens is 366 g/mol. The molecule has 0 aliphatic rings. The van der Waals surface area contributed by atoms with E-state index in [1.165, 1.54) is 24.5 Å². The van der Waals surface area contributed by atoms with E-state index in [1.807, 2.05) is 0 Å². The van der Waals surface area contributed by atoms with Gasteiger partial charge in [-0.05, 0) is 51.1 Å². The molecule has 2 aromatic rings. The highest BCUT2D eigenvalue weighted by Crippen LogP contribution is 2.20. The van der Waals surface area contributed by atoms with Crippen LogP contribution in [0.15, 0.2) is 41.0 Å². The Kier molecular flexibility index (Phi) is 7.62. The second kappa shape index (κ2) is 10.1. The van der Waals surface area contributed by atoms with Gasteiger partial charge in [0.15, 0.2) is 6.61 Å². The Labute approximate surface area is 162 Å². The van der Waals surface area contributed by atoms with Crippen molar-refractivity contribution in [2.45, 2.75) is 26.8 Å². The van der Waals surface area contributed by atoms with Crippen molar-refractivity contribution in [2.24, 2.45) is 0 Å². The SMILES string of the molecule is CCOC(=O)c1cc(OCC(=O)N[C@H](C)c2ccco2)cc(C(=O)OCC)c1. The number of rotatable bonds is 9. The van der Waals surface area contributed by atoms with Crippen LogP contribution in [-0.4, -0.2) is 37.7 Å². The van der Waals surface area contributed by atoms with Crippen molar-refractivity contribution >= 4 is 17.8 Å². The molecular formula is C20H23NO7. The topological polar surface area (TPSA) is 104 Å². The van der Waals surface area contributed by atoms with Gasteiger partial charge in [0.1, 0.15) is 11.5 Å². The lowest BCUT2D eigenvalue weighted by atomic mass is 10.1. The van der Waals surface area contributed by atoms with E-state index in [4.69, 9.17) is 18.6 Å². The van der Waals surface area contributed by atoms with Crippen molar-refractivity contribution in [3.63, 3.8) is 0 Å². The fraction of sp³-hybridized carbons (Fsp3) is 0.350. The fourth-order valence-electron chi connectivity index (χ4n) is 2.39. The summed E-state index contributed by atoms with van der Waals surface area (Å²) in [6.07, 6.45) is 1.52. The Morgan fingerprint density at radius 1 is 1.04 bits per heavy atom.